The Kier molecular flexibility index (Phi) is 4.92. The van der Waals surface area contributed by atoms with E-state index in [1.165, 1.54) is 4.90 Å². The number of carbonyl (C=O) groups is 2. The summed E-state index contributed by atoms with van der Waals surface area (Å²) in [5.41, 5.74) is 2.86. The van der Waals surface area contributed by atoms with Crippen LogP contribution in [0.5, 0.6) is 0 Å². The largest absolute Gasteiger partial charge is 0.481 e. The summed E-state index contributed by atoms with van der Waals surface area (Å²) in [5, 5.41) is 11.6. The molecule has 19 heavy (non-hydrogen) atoms. The van der Waals surface area contributed by atoms with Crippen molar-refractivity contribution in [1.82, 2.24) is 4.90 Å². The average molecular weight is 264 g/mol. The van der Waals surface area contributed by atoms with E-state index in [2.05, 4.69) is 5.32 Å². The second-order valence-electron chi connectivity index (χ2n) is 4.80. The number of benzene rings is 1. The molecular formula is C14H20N2O3. The molecule has 0 fully saturated rings. The minimum Gasteiger partial charge on any atom is -0.481 e. The number of nitrogens with zero attached hydrogens (tertiary/aromatic N) is 1. The van der Waals surface area contributed by atoms with Crippen LogP contribution in [0, 0.1) is 19.8 Å². The highest BCUT2D eigenvalue weighted by atomic mass is 16.4. The normalized spacial score (nSPS) is 11.8. The zero-order chi connectivity index (χ0) is 14.6. The fraction of sp³-hybridized carbons (Fsp3) is 0.429. The third kappa shape index (κ3) is 3.98. The number of aliphatic carboxylic acids is 1. The number of urea groups is 1. The predicted octanol–water partition coefficient (Wildman–Crippen LogP) is 2.49. The topological polar surface area (TPSA) is 69.6 Å². The molecule has 5 heteroatoms. The van der Waals surface area contributed by atoms with Gasteiger partial charge in [0.25, 0.3) is 0 Å². The second kappa shape index (κ2) is 6.22. The minimum atomic E-state index is -0.911. The van der Waals surface area contributed by atoms with Gasteiger partial charge in [-0.15, -0.1) is 0 Å². The molecule has 1 atom stereocenters. The fourth-order valence-corrected chi connectivity index (χ4v) is 1.67. The van der Waals surface area contributed by atoms with E-state index in [0.717, 1.165) is 16.8 Å². The predicted molar refractivity (Wildman–Crippen MR) is 74.4 cm³/mol. The SMILES string of the molecule is Cc1cccc(NC(=O)N(C)CC(C)C(=O)O)c1C. The van der Waals surface area contributed by atoms with Gasteiger partial charge in [0, 0.05) is 19.3 Å². The fourth-order valence-electron chi connectivity index (χ4n) is 1.67. The molecule has 1 rings (SSSR count). The minimum absolute atomic E-state index is 0.173. The van der Waals surface area contributed by atoms with Gasteiger partial charge in [-0.25, -0.2) is 4.79 Å². The van der Waals surface area contributed by atoms with Crippen LogP contribution < -0.4 is 5.32 Å². The molecule has 5 nitrogen and oxygen atoms in total. The Hall–Kier alpha value is -2.04. The van der Waals surface area contributed by atoms with Gasteiger partial charge in [0.05, 0.1) is 5.92 Å². The Morgan fingerprint density at radius 1 is 1.37 bits per heavy atom. The number of amides is 2. The summed E-state index contributed by atoms with van der Waals surface area (Å²) in [4.78, 5) is 24.1. The van der Waals surface area contributed by atoms with Crippen LogP contribution in [0.3, 0.4) is 0 Å². The van der Waals surface area contributed by atoms with Crippen molar-refractivity contribution in [3.8, 4) is 0 Å². The Morgan fingerprint density at radius 3 is 2.58 bits per heavy atom. The molecule has 0 saturated carbocycles. The van der Waals surface area contributed by atoms with Crippen molar-refractivity contribution in [1.29, 1.82) is 0 Å². The lowest BCUT2D eigenvalue weighted by Crippen LogP contribution is -2.36. The molecular weight excluding hydrogens is 244 g/mol. The van der Waals surface area contributed by atoms with Gasteiger partial charge in [-0.2, -0.15) is 0 Å². The number of anilines is 1. The maximum Gasteiger partial charge on any atom is 0.321 e. The molecule has 1 aromatic carbocycles. The first-order valence-electron chi connectivity index (χ1n) is 6.14. The number of carboxylic acid groups (broad SMARTS) is 1. The van der Waals surface area contributed by atoms with Crippen molar-refractivity contribution < 1.29 is 14.7 Å². The van der Waals surface area contributed by atoms with Gasteiger partial charge in [-0.3, -0.25) is 4.79 Å². The molecule has 0 spiro atoms. The number of hydrogen-bond acceptors (Lipinski definition) is 2. The summed E-state index contributed by atoms with van der Waals surface area (Å²) < 4.78 is 0. The highest BCUT2D eigenvalue weighted by Gasteiger charge is 2.17. The maximum atomic E-state index is 12.0. The van der Waals surface area contributed by atoms with Crippen molar-refractivity contribution in [2.24, 2.45) is 5.92 Å². The van der Waals surface area contributed by atoms with Gasteiger partial charge in [-0.1, -0.05) is 19.1 Å². The Labute approximate surface area is 113 Å². The van der Waals surface area contributed by atoms with Crippen molar-refractivity contribution in [2.75, 3.05) is 18.9 Å². The molecule has 1 aromatic rings. The number of carbonyl (C=O) groups excluding carboxylic acids is 1. The van der Waals surface area contributed by atoms with Crippen LogP contribution in [-0.4, -0.2) is 35.6 Å². The Balaban J connectivity index is 2.69. The van der Waals surface area contributed by atoms with E-state index < -0.39 is 11.9 Å². The molecule has 0 heterocycles. The van der Waals surface area contributed by atoms with Crippen LogP contribution in [-0.2, 0) is 4.79 Å². The molecule has 0 aliphatic carbocycles. The third-order valence-electron chi connectivity index (χ3n) is 3.16. The molecule has 0 radical (unpaired) electrons. The zero-order valence-electron chi connectivity index (χ0n) is 11.7. The molecule has 1 unspecified atom stereocenters. The lowest BCUT2D eigenvalue weighted by Gasteiger charge is -2.21. The number of rotatable bonds is 4. The van der Waals surface area contributed by atoms with E-state index in [0.29, 0.717) is 0 Å². The third-order valence-corrected chi connectivity index (χ3v) is 3.16. The van der Waals surface area contributed by atoms with Crippen molar-refractivity contribution >= 4 is 17.7 Å². The average Bonchev–Trinajstić information content (AvgIpc) is 2.34. The summed E-state index contributed by atoms with van der Waals surface area (Å²) in [6.07, 6.45) is 0. The molecule has 0 aliphatic heterocycles. The standard InChI is InChI=1S/C14H20N2O3/c1-9-6-5-7-12(11(9)3)15-14(19)16(4)8-10(2)13(17)18/h5-7,10H,8H2,1-4H3,(H,15,19)(H,17,18). The van der Waals surface area contributed by atoms with Gasteiger partial charge in [0.15, 0.2) is 0 Å². The molecule has 2 N–H and O–H groups in total. The van der Waals surface area contributed by atoms with Crippen LogP contribution in [0.25, 0.3) is 0 Å². The number of carboxylic acids is 1. The van der Waals surface area contributed by atoms with Gasteiger partial charge < -0.3 is 15.3 Å². The van der Waals surface area contributed by atoms with E-state index >= 15 is 0 Å². The number of hydrogen-bond donors (Lipinski definition) is 2. The smallest absolute Gasteiger partial charge is 0.321 e. The van der Waals surface area contributed by atoms with Gasteiger partial charge in [0.1, 0.15) is 0 Å². The lowest BCUT2D eigenvalue weighted by molar-refractivity contribution is -0.141. The van der Waals surface area contributed by atoms with E-state index in [4.69, 9.17) is 5.11 Å². The van der Waals surface area contributed by atoms with E-state index in [1.807, 2.05) is 32.0 Å². The first-order valence-corrected chi connectivity index (χ1v) is 6.14. The molecule has 0 saturated heterocycles. The first-order chi connectivity index (χ1) is 8.82. The molecule has 2 amide bonds. The second-order valence-corrected chi connectivity index (χ2v) is 4.80. The number of nitrogens with one attached hydrogen (secondary N) is 1. The first kappa shape index (κ1) is 15.0. The van der Waals surface area contributed by atoms with Gasteiger partial charge in [-0.05, 0) is 31.0 Å². The number of aryl methyl sites for hydroxylation is 1. The van der Waals surface area contributed by atoms with Gasteiger partial charge in [0.2, 0.25) is 0 Å². The quantitative estimate of drug-likeness (QED) is 0.877. The molecule has 104 valence electrons. The van der Waals surface area contributed by atoms with Crippen LogP contribution >= 0.6 is 0 Å². The van der Waals surface area contributed by atoms with Crippen LogP contribution in [0.4, 0.5) is 10.5 Å². The summed E-state index contributed by atoms with van der Waals surface area (Å²) in [5.74, 6) is -1.50. The van der Waals surface area contributed by atoms with Crippen molar-refractivity contribution in [2.45, 2.75) is 20.8 Å². The van der Waals surface area contributed by atoms with Crippen LogP contribution in [0.15, 0.2) is 18.2 Å². The Bertz CT molecular complexity index is 486. The lowest BCUT2D eigenvalue weighted by atomic mass is 10.1. The van der Waals surface area contributed by atoms with Crippen LogP contribution in [0.2, 0.25) is 0 Å². The Morgan fingerprint density at radius 2 is 2.00 bits per heavy atom. The van der Waals surface area contributed by atoms with Crippen molar-refractivity contribution in [3.05, 3.63) is 29.3 Å². The van der Waals surface area contributed by atoms with Gasteiger partial charge >= 0.3 is 12.0 Å². The monoisotopic (exact) mass is 264 g/mol. The summed E-state index contributed by atoms with van der Waals surface area (Å²) in [7, 11) is 1.58. The van der Waals surface area contributed by atoms with Crippen molar-refractivity contribution in [3.63, 3.8) is 0 Å². The van der Waals surface area contributed by atoms with E-state index in [-0.39, 0.29) is 12.6 Å². The van der Waals surface area contributed by atoms with Crippen LogP contribution in [0.1, 0.15) is 18.1 Å². The zero-order valence-corrected chi connectivity index (χ0v) is 11.7. The highest BCUT2D eigenvalue weighted by Crippen LogP contribution is 2.18. The van der Waals surface area contributed by atoms with E-state index in [9.17, 15) is 9.59 Å². The maximum absolute atomic E-state index is 12.0. The molecule has 0 aliphatic rings. The molecule has 0 bridgehead atoms. The summed E-state index contributed by atoms with van der Waals surface area (Å²) in [6.45, 7) is 5.65. The summed E-state index contributed by atoms with van der Waals surface area (Å²) >= 11 is 0. The summed E-state index contributed by atoms with van der Waals surface area (Å²) in [6, 6.07) is 5.37. The van der Waals surface area contributed by atoms with E-state index in [1.54, 1.807) is 14.0 Å². The molecule has 0 aromatic heterocycles. The highest BCUT2D eigenvalue weighted by molar-refractivity contribution is 5.90.